The zero-order chi connectivity index (χ0) is 17.4. The Balaban J connectivity index is 1.82. The van der Waals surface area contributed by atoms with Crippen LogP contribution in [0.25, 0.3) is 0 Å². The molecule has 0 radical (unpaired) electrons. The maximum atomic E-state index is 5.70. The molecular weight excluding hydrogens is 328 g/mol. The number of aryl methyl sites for hydroxylation is 2. The Morgan fingerprint density at radius 3 is 2.60 bits per heavy atom. The van der Waals surface area contributed by atoms with E-state index in [1.54, 1.807) is 0 Å². The lowest BCUT2D eigenvalue weighted by Crippen LogP contribution is -2.29. The molecule has 3 aromatic rings. The molecule has 4 rings (SSSR count). The Bertz CT molecular complexity index is 889. The van der Waals surface area contributed by atoms with E-state index in [1.165, 1.54) is 11.1 Å². The summed E-state index contributed by atoms with van der Waals surface area (Å²) < 4.78 is 0. The van der Waals surface area contributed by atoms with Crippen LogP contribution in [0.2, 0.25) is 0 Å². The van der Waals surface area contributed by atoms with Gasteiger partial charge in [-0.1, -0.05) is 12.1 Å². The van der Waals surface area contributed by atoms with Gasteiger partial charge in [-0.25, -0.2) is 0 Å². The number of H-pyrrole nitrogens is 1. The fraction of sp³-hybridized carbons (Fsp3) is 0.200. The molecule has 0 amide bonds. The number of aromatic nitrogens is 2. The average molecular weight is 348 g/mol. The molecule has 1 fully saturated rings. The van der Waals surface area contributed by atoms with E-state index in [0.29, 0.717) is 0 Å². The molecular formula is C20H20N4S. The summed E-state index contributed by atoms with van der Waals surface area (Å²) >= 11 is 5.70. The van der Waals surface area contributed by atoms with Crippen LogP contribution < -0.4 is 10.2 Å². The molecule has 4 nitrogen and oxygen atoms in total. The Hall–Kier alpha value is -2.66. The van der Waals surface area contributed by atoms with Crippen molar-refractivity contribution in [2.24, 2.45) is 0 Å². The van der Waals surface area contributed by atoms with E-state index in [4.69, 9.17) is 12.2 Å². The summed E-state index contributed by atoms with van der Waals surface area (Å²) in [7, 11) is 0. The lowest BCUT2D eigenvalue weighted by molar-refractivity contribution is 0.558. The highest BCUT2D eigenvalue weighted by Gasteiger charge is 2.41. The van der Waals surface area contributed by atoms with Crippen molar-refractivity contribution in [2.45, 2.75) is 25.9 Å². The van der Waals surface area contributed by atoms with Crippen LogP contribution in [0, 0.1) is 13.8 Å². The van der Waals surface area contributed by atoms with Gasteiger partial charge >= 0.3 is 0 Å². The maximum absolute atomic E-state index is 5.70. The molecule has 3 heterocycles. The molecule has 1 aromatic carbocycles. The number of rotatable bonds is 3. The lowest BCUT2D eigenvalue weighted by Gasteiger charge is -2.27. The molecule has 0 spiro atoms. The van der Waals surface area contributed by atoms with Crippen LogP contribution in [0.4, 0.5) is 5.69 Å². The molecule has 0 bridgehead atoms. The number of thiocarbonyl (C=S) groups is 1. The number of pyridine rings is 1. The molecule has 2 aromatic heterocycles. The van der Waals surface area contributed by atoms with Gasteiger partial charge in [0.05, 0.1) is 11.7 Å². The van der Waals surface area contributed by atoms with Gasteiger partial charge in [-0.2, -0.15) is 0 Å². The first-order chi connectivity index (χ1) is 12.1. The third-order valence-electron chi connectivity index (χ3n) is 4.81. The first-order valence-corrected chi connectivity index (χ1v) is 8.77. The Labute approximate surface area is 152 Å². The molecule has 2 atom stereocenters. The predicted molar refractivity (Wildman–Crippen MR) is 105 cm³/mol. The topological polar surface area (TPSA) is 44.0 Å². The minimum atomic E-state index is -0.00559. The van der Waals surface area contributed by atoms with Crippen molar-refractivity contribution >= 4 is 23.0 Å². The second-order valence-electron chi connectivity index (χ2n) is 6.39. The standard InChI is InChI=1S/C20H20N4S/c1-13-8-9-15(12-14(13)2)24-19(17-7-5-11-22-17)18(23-20(24)25)16-6-3-4-10-21-16/h3-12,18-19,22H,1-2H3,(H,23,25)/t18-,19+/m1/s1. The van der Waals surface area contributed by atoms with Crippen LogP contribution in [0.5, 0.6) is 0 Å². The maximum Gasteiger partial charge on any atom is 0.174 e. The Morgan fingerprint density at radius 2 is 1.92 bits per heavy atom. The van der Waals surface area contributed by atoms with Gasteiger partial charge in [-0.15, -0.1) is 0 Å². The summed E-state index contributed by atoms with van der Waals surface area (Å²) in [5.74, 6) is 0. The third kappa shape index (κ3) is 2.81. The van der Waals surface area contributed by atoms with Gasteiger partial charge in [0.25, 0.3) is 0 Å². The average Bonchev–Trinajstić information content (AvgIpc) is 3.25. The number of hydrogen-bond donors (Lipinski definition) is 2. The van der Waals surface area contributed by atoms with Gasteiger partial charge in [-0.3, -0.25) is 4.98 Å². The number of anilines is 1. The second-order valence-corrected chi connectivity index (χ2v) is 6.78. The second kappa shape index (κ2) is 6.33. The third-order valence-corrected chi connectivity index (χ3v) is 5.12. The molecule has 0 unspecified atom stereocenters. The van der Waals surface area contributed by atoms with Crippen LogP contribution in [-0.2, 0) is 0 Å². The Kier molecular flexibility index (Phi) is 4.01. The minimum Gasteiger partial charge on any atom is -0.363 e. The van der Waals surface area contributed by atoms with Gasteiger partial charge in [-0.05, 0) is 73.6 Å². The number of benzene rings is 1. The van der Waals surface area contributed by atoms with E-state index in [1.807, 2.05) is 36.7 Å². The highest BCUT2D eigenvalue weighted by Crippen LogP contribution is 2.41. The van der Waals surface area contributed by atoms with Crippen molar-refractivity contribution in [3.05, 3.63) is 83.4 Å². The zero-order valence-electron chi connectivity index (χ0n) is 14.2. The fourth-order valence-corrected chi connectivity index (χ4v) is 3.70. The molecule has 0 saturated carbocycles. The highest BCUT2D eigenvalue weighted by molar-refractivity contribution is 7.80. The predicted octanol–water partition coefficient (Wildman–Crippen LogP) is 4.20. The first kappa shape index (κ1) is 15.8. The number of hydrogen-bond acceptors (Lipinski definition) is 2. The highest BCUT2D eigenvalue weighted by atomic mass is 32.1. The minimum absolute atomic E-state index is 0.00559. The smallest absolute Gasteiger partial charge is 0.174 e. The zero-order valence-corrected chi connectivity index (χ0v) is 15.0. The van der Waals surface area contributed by atoms with Gasteiger partial charge in [0.1, 0.15) is 6.04 Å². The van der Waals surface area contributed by atoms with E-state index in [-0.39, 0.29) is 12.1 Å². The number of nitrogens with zero attached hydrogens (tertiary/aromatic N) is 2. The fourth-order valence-electron chi connectivity index (χ4n) is 3.35. The van der Waals surface area contributed by atoms with E-state index in [9.17, 15) is 0 Å². The van der Waals surface area contributed by atoms with Crippen molar-refractivity contribution in [1.29, 1.82) is 0 Å². The molecule has 25 heavy (non-hydrogen) atoms. The molecule has 1 aliphatic heterocycles. The summed E-state index contributed by atoms with van der Waals surface area (Å²) in [4.78, 5) is 10.1. The summed E-state index contributed by atoms with van der Waals surface area (Å²) in [5.41, 5.74) is 5.72. The SMILES string of the molecule is Cc1ccc(N2C(=S)N[C@H](c3ccccn3)[C@@H]2c2ccc[nH]2)cc1C. The van der Waals surface area contributed by atoms with E-state index >= 15 is 0 Å². The van der Waals surface area contributed by atoms with E-state index in [2.05, 4.69) is 58.3 Å². The lowest BCUT2D eigenvalue weighted by atomic mass is 10.0. The van der Waals surface area contributed by atoms with Crippen LogP contribution >= 0.6 is 12.2 Å². The van der Waals surface area contributed by atoms with Crippen molar-refractivity contribution in [3.63, 3.8) is 0 Å². The monoisotopic (exact) mass is 348 g/mol. The van der Waals surface area contributed by atoms with Crippen LogP contribution in [0.1, 0.15) is 34.6 Å². The van der Waals surface area contributed by atoms with Gasteiger partial charge < -0.3 is 15.2 Å². The van der Waals surface area contributed by atoms with Gasteiger partial charge in [0.2, 0.25) is 0 Å². The van der Waals surface area contributed by atoms with Crippen molar-refractivity contribution < 1.29 is 0 Å². The molecule has 5 heteroatoms. The van der Waals surface area contributed by atoms with Gasteiger partial charge in [0, 0.05) is 23.8 Å². The van der Waals surface area contributed by atoms with Crippen LogP contribution in [-0.4, -0.2) is 15.1 Å². The van der Waals surface area contributed by atoms with E-state index in [0.717, 1.165) is 22.2 Å². The summed E-state index contributed by atoms with van der Waals surface area (Å²) in [6, 6.07) is 16.6. The largest absolute Gasteiger partial charge is 0.363 e. The summed E-state index contributed by atoms with van der Waals surface area (Å²) in [5, 5.41) is 4.19. The Morgan fingerprint density at radius 1 is 1.04 bits per heavy atom. The summed E-state index contributed by atoms with van der Waals surface area (Å²) in [6.45, 7) is 4.25. The first-order valence-electron chi connectivity index (χ1n) is 8.36. The molecule has 126 valence electrons. The number of aromatic amines is 1. The molecule has 1 saturated heterocycles. The van der Waals surface area contributed by atoms with Crippen LogP contribution in [0.3, 0.4) is 0 Å². The van der Waals surface area contributed by atoms with Crippen molar-refractivity contribution in [1.82, 2.24) is 15.3 Å². The molecule has 1 aliphatic rings. The van der Waals surface area contributed by atoms with Crippen molar-refractivity contribution in [2.75, 3.05) is 4.90 Å². The summed E-state index contributed by atoms with van der Waals surface area (Å²) in [6.07, 6.45) is 3.77. The normalized spacial score (nSPS) is 19.9. The quantitative estimate of drug-likeness (QED) is 0.696. The number of nitrogens with one attached hydrogen (secondary N) is 2. The molecule has 2 N–H and O–H groups in total. The van der Waals surface area contributed by atoms with Crippen LogP contribution in [0.15, 0.2) is 60.9 Å². The molecule has 0 aliphatic carbocycles. The van der Waals surface area contributed by atoms with Gasteiger partial charge in [0.15, 0.2) is 5.11 Å². The van der Waals surface area contributed by atoms with Crippen molar-refractivity contribution in [3.8, 4) is 0 Å². The van der Waals surface area contributed by atoms with E-state index < -0.39 is 0 Å².